The summed E-state index contributed by atoms with van der Waals surface area (Å²) >= 11 is 0. The van der Waals surface area contributed by atoms with Crippen LogP contribution in [-0.4, -0.2) is 82.2 Å². The molecule has 1 unspecified atom stereocenters. The van der Waals surface area contributed by atoms with Gasteiger partial charge >= 0.3 is 5.97 Å². The highest BCUT2D eigenvalue weighted by molar-refractivity contribution is 14.0. The fourth-order valence-corrected chi connectivity index (χ4v) is 4.37. The van der Waals surface area contributed by atoms with Gasteiger partial charge < -0.3 is 15.0 Å². The molecule has 0 radical (unpaired) electrons. The third-order valence-corrected chi connectivity index (χ3v) is 6.09. The van der Waals surface area contributed by atoms with Crippen LogP contribution in [0.25, 0.3) is 0 Å². The Hall–Kier alpha value is -0.620. The Labute approximate surface area is 173 Å². The van der Waals surface area contributed by atoms with Gasteiger partial charge in [0.15, 0.2) is 5.96 Å². The van der Waals surface area contributed by atoms with Crippen molar-refractivity contribution < 1.29 is 17.9 Å². The average molecular weight is 502 g/mol. The number of nitrogens with one attached hydrogen (secondary N) is 1. The van der Waals surface area contributed by atoms with Crippen LogP contribution in [0, 0.1) is 11.8 Å². The molecular formula is C16H31IN4O4S. The van der Waals surface area contributed by atoms with Crippen LogP contribution in [0.4, 0.5) is 0 Å². The summed E-state index contributed by atoms with van der Waals surface area (Å²) in [5, 5.41) is 3.35. The summed E-state index contributed by atoms with van der Waals surface area (Å²) in [5.41, 5.74) is 0. The number of esters is 1. The number of nitrogens with zero attached hydrogens (tertiary/aromatic N) is 3. The lowest BCUT2D eigenvalue weighted by molar-refractivity contribution is -0.149. The van der Waals surface area contributed by atoms with Crippen LogP contribution in [0.3, 0.4) is 0 Å². The number of rotatable bonds is 5. The smallest absolute Gasteiger partial charge is 0.310 e. The molecule has 0 aromatic rings. The van der Waals surface area contributed by atoms with Gasteiger partial charge in [-0.1, -0.05) is 0 Å². The standard InChI is InChI=1S/C16H30N4O4S.HI/c1-4-24-15(21)14-6-5-8-19(12-14)16(17-2)18-10-13-7-9-20(11-13)25(3,22)23;/h13-14H,4-12H2,1-3H3,(H,17,18);1H/t13?,14-;/m1./s1. The van der Waals surface area contributed by atoms with Gasteiger partial charge in [-0.15, -0.1) is 24.0 Å². The van der Waals surface area contributed by atoms with Crippen LogP contribution in [0.5, 0.6) is 0 Å². The quantitative estimate of drug-likeness (QED) is 0.258. The maximum absolute atomic E-state index is 12.0. The largest absolute Gasteiger partial charge is 0.466 e. The molecule has 152 valence electrons. The van der Waals surface area contributed by atoms with Crippen molar-refractivity contribution in [2.75, 3.05) is 52.6 Å². The van der Waals surface area contributed by atoms with E-state index in [1.54, 1.807) is 7.05 Å². The molecule has 0 aliphatic carbocycles. The Morgan fingerprint density at radius 1 is 1.27 bits per heavy atom. The van der Waals surface area contributed by atoms with E-state index in [-0.39, 0.29) is 41.8 Å². The van der Waals surface area contributed by atoms with Crippen molar-refractivity contribution in [3.05, 3.63) is 0 Å². The number of halogens is 1. The molecule has 0 aromatic carbocycles. The summed E-state index contributed by atoms with van der Waals surface area (Å²) in [7, 11) is -1.38. The van der Waals surface area contributed by atoms with E-state index in [0.29, 0.717) is 32.8 Å². The second-order valence-electron chi connectivity index (χ2n) is 6.74. The molecule has 1 N–H and O–H groups in total. The molecule has 8 nitrogen and oxygen atoms in total. The fraction of sp³-hybridized carbons (Fsp3) is 0.875. The second kappa shape index (κ2) is 10.6. The molecule has 2 atom stereocenters. The van der Waals surface area contributed by atoms with Gasteiger partial charge in [0.05, 0.1) is 18.8 Å². The molecule has 0 saturated carbocycles. The highest BCUT2D eigenvalue weighted by Crippen LogP contribution is 2.20. The van der Waals surface area contributed by atoms with Crippen molar-refractivity contribution >= 4 is 45.9 Å². The first-order valence-corrected chi connectivity index (χ1v) is 10.8. The number of carbonyl (C=O) groups excluding carboxylic acids is 1. The number of piperidine rings is 1. The molecule has 26 heavy (non-hydrogen) atoms. The summed E-state index contributed by atoms with van der Waals surface area (Å²) in [6.45, 7) is 5.50. The Morgan fingerprint density at radius 2 is 2.00 bits per heavy atom. The number of ether oxygens (including phenoxy) is 1. The Balaban J connectivity index is 0.00000338. The lowest BCUT2D eigenvalue weighted by Crippen LogP contribution is -2.49. The van der Waals surface area contributed by atoms with E-state index in [4.69, 9.17) is 4.74 Å². The second-order valence-corrected chi connectivity index (χ2v) is 8.72. The Kier molecular flexibility index (Phi) is 9.59. The zero-order chi connectivity index (χ0) is 18.4. The van der Waals surface area contributed by atoms with E-state index in [0.717, 1.165) is 31.8 Å². The maximum atomic E-state index is 12.0. The molecule has 10 heteroatoms. The molecule has 0 aromatic heterocycles. The zero-order valence-electron chi connectivity index (χ0n) is 15.8. The summed E-state index contributed by atoms with van der Waals surface area (Å²) in [4.78, 5) is 18.4. The van der Waals surface area contributed by atoms with Crippen LogP contribution in [-0.2, 0) is 19.6 Å². The van der Waals surface area contributed by atoms with E-state index in [2.05, 4.69) is 15.2 Å². The molecule has 2 saturated heterocycles. The van der Waals surface area contributed by atoms with Crippen LogP contribution < -0.4 is 5.32 Å². The van der Waals surface area contributed by atoms with Gasteiger partial charge in [0.25, 0.3) is 0 Å². The molecule has 2 rings (SSSR count). The lowest BCUT2D eigenvalue weighted by Gasteiger charge is -2.34. The predicted octanol–water partition coefficient (Wildman–Crippen LogP) is 0.736. The molecule has 2 aliphatic rings. The maximum Gasteiger partial charge on any atom is 0.310 e. The number of carbonyl (C=O) groups is 1. The molecule has 2 heterocycles. The molecule has 0 amide bonds. The molecule has 0 spiro atoms. The van der Waals surface area contributed by atoms with Gasteiger partial charge in [0.1, 0.15) is 0 Å². The van der Waals surface area contributed by atoms with Crippen LogP contribution in [0.2, 0.25) is 0 Å². The van der Waals surface area contributed by atoms with Crippen molar-refractivity contribution in [2.45, 2.75) is 26.2 Å². The van der Waals surface area contributed by atoms with E-state index in [1.807, 2.05) is 6.92 Å². The average Bonchev–Trinajstić information content (AvgIpc) is 3.05. The molecule has 2 fully saturated rings. The number of sulfonamides is 1. The van der Waals surface area contributed by atoms with Gasteiger partial charge in [-0.3, -0.25) is 9.79 Å². The highest BCUT2D eigenvalue weighted by atomic mass is 127. The predicted molar refractivity (Wildman–Crippen MR) is 112 cm³/mol. The van der Waals surface area contributed by atoms with E-state index >= 15 is 0 Å². The van der Waals surface area contributed by atoms with Gasteiger partial charge in [0.2, 0.25) is 10.0 Å². The summed E-state index contributed by atoms with van der Waals surface area (Å²) in [5.74, 6) is 0.797. The number of guanidine groups is 1. The zero-order valence-corrected chi connectivity index (χ0v) is 19.0. The topological polar surface area (TPSA) is 91.3 Å². The van der Waals surface area contributed by atoms with Gasteiger partial charge in [-0.05, 0) is 32.1 Å². The van der Waals surface area contributed by atoms with Gasteiger partial charge in [-0.2, -0.15) is 0 Å². The van der Waals surface area contributed by atoms with Crippen LogP contribution in [0.15, 0.2) is 4.99 Å². The molecule has 0 bridgehead atoms. The minimum absolute atomic E-state index is 0. The molecular weight excluding hydrogens is 471 g/mol. The lowest BCUT2D eigenvalue weighted by atomic mass is 9.98. The third-order valence-electron chi connectivity index (χ3n) is 4.82. The SMILES string of the molecule is CCOC(=O)[C@@H]1CCCN(C(=NC)NCC2CCN(S(C)(=O)=O)C2)C1.I. The number of likely N-dealkylation sites (tertiary alicyclic amines) is 1. The Bertz CT molecular complexity index is 599. The normalized spacial score (nSPS) is 24.9. The summed E-state index contributed by atoms with van der Waals surface area (Å²) < 4.78 is 29.9. The van der Waals surface area contributed by atoms with E-state index in [9.17, 15) is 13.2 Å². The summed E-state index contributed by atoms with van der Waals surface area (Å²) in [6.07, 6.45) is 3.88. The Morgan fingerprint density at radius 3 is 2.58 bits per heavy atom. The van der Waals surface area contributed by atoms with Crippen molar-refractivity contribution in [1.29, 1.82) is 0 Å². The monoisotopic (exact) mass is 502 g/mol. The van der Waals surface area contributed by atoms with Gasteiger partial charge in [0, 0.05) is 39.8 Å². The van der Waals surface area contributed by atoms with E-state index in [1.165, 1.54) is 10.6 Å². The van der Waals surface area contributed by atoms with Gasteiger partial charge in [-0.25, -0.2) is 12.7 Å². The molecule has 2 aliphatic heterocycles. The van der Waals surface area contributed by atoms with Crippen molar-refractivity contribution in [2.24, 2.45) is 16.8 Å². The van der Waals surface area contributed by atoms with Crippen molar-refractivity contribution in [3.63, 3.8) is 0 Å². The van der Waals surface area contributed by atoms with Crippen molar-refractivity contribution in [1.82, 2.24) is 14.5 Å². The first kappa shape index (κ1) is 23.4. The summed E-state index contributed by atoms with van der Waals surface area (Å²) in [6, 6.07) is 0. The number of aliphatic imine (C=N–C) groups is 1. The minimum Gasteiger partial charge on any atom is -0.466 e. The van der Waals surface area contributed by atoms with Crippen LogP contribution >= 0.6 is 24.0 Å². The highest BCUT2D eigenvalue weighted by Gasteiger charge is 2.31. The minimum atomic E-state index is -3.11. The first-order chi connectivity index (χ1) is 11.8. The fourth-order valence-electron chi connectivity index (χ4n) is 3.45. The van der Waals surface area contributed by atoms with Crippen molar-refractivity contribution in [3.8, 4) is 0 Å². The van der Waals surface area contributed by atoms with Crippen LogP contribution in [0.1, 0.15) is 26.2 Å². The first-order valence-electron chi connectivity index (χ1n) is 8.92. The van der Waals surface area contributed by atoms with E-state index < -0.39 is 10.0 Å². The number of hydrogen-bond donors (Lipinski definition) is 1. The number of hydrogen-bond acceptors (Lipinski definition) is 5. The third kappa shape index (κ3) is 6.52.